The molecule has 5 heteroatoms. The molecule has 0 aromatic heterocycles. The van der Waals surface area contributed by atoms with Gasteiger partial charge in [-0.15, -0.1) is 0 Å². The highest BCUT2D eigenvalue weighted by Gasteiger charge is 2.35. The van der Waals surface area contributed by atoms with Gasteiger partial charge in [-0.05, 0) is 36.8 Å². The number of aryl methyl sites for hydroxylation is 1. The molecule has 0 N–H and O–H groups in total. The quantitative estimate of drug-likeness (QED) is 0.832. The molecule has 142 valence electrons. The molecule has 1 saturated heterocycles. The minimum absolute atomic E-state index is 0.0102. The first-order chi connectivity index (χ1) is 12.3. The number of nitrogens with zero attached hydrogens (tertiary/aromatic N) is 2. The summed E-state index contributed by atoms with van der Waals surface area (Å²) in [6, 6.07) is 6.09. The van der Waals surface area contributed by atoms with E-state index in [1.165, 1.54) is 5.56 Å². The van der Waals surface area contributed by atoms with Crippen LogP contribution in [0.5, 0.6) is 5.75 Å². The van der Waals surface area contributed by atoms with Crippen molar-refractivity contribution in [3.63, 3.8) is 0 Å². The molecule has 0 atom stereocenters. The SMILES string of the molecule is Cc1ccc(OCC(=O)N2CCN(C(=O)C3CC3)CC2)c(C(C)(C)C)c1. The summed E-state index contributed by atoms with van der Waals surface area (Å²) in [5.74, 6) is 1.28. The van der Waals surface area contributed by atoms with Crippen LogP contribution in [0.25, 0.3) is 0 Å². The fourth-order valence-corrected chi connectivity index (χ4v) is 3.35. The first kappa shape index (κ1) is 18.7. The fraction of sp³-hybridized carbons (Fsp3) is 0.619. The van der Waals surface area contributed by atoms with Crippen molar-refractivity contribution < 1.29 is 14.3 Å². The fourth-order valence-electron chi connectivity index (χ4n) is 3.35. The largest absolute Gasteiger partial charge is 0.483 e. The number of piperazine rings is 1. The summed E-state index contributed by atoms with van der Waals surface area (Å²) in [7, 11) is 0. The summed E-state index contributed by atoms with van der Waals surface area (Å²) in [5, 5.41) is 0. The van der Waals surface area contributed by atoms with Crippen molar-refractivity contribution in [2.45, 2.75) is 46.0 Å². The molecule has 1 heterocycles. The molecule has 1 saturated carbocycles. The number of carbonyl (C=O) groups is 2. The summed E-state index contributed by atoms with van der Waals surface area (Å²) in [6.07, 6.45) is 2.05. The first-order valence-electron chi connectivity index (χ1n) is 9.56. The van der Waals surface area contributed by atoms with E-state index in [0.717, 1.165) is 24.2 Å². The molecule has 26 heavy (non-hydrogen) atoms. The zero-order valence-electron chi connectivity index (χ0n) is 16.4. The van der Waals surface area contributed by atoms with Crippen molar-refractivity contribution in [3.05, 3.63) is 29.3 Å². The third kappa shape index (κ3) is 4.37. The smallest absolute Gasteiger partial charge is 0.260 e. The van der Waals surface area contributed by atoms with Crippen LogP contribution in [0.4, 0.5) is 0 Å². The maximum absolute atomic E-state index is 12.5. The zero-order chi connectivity index (χ0) is 18.9. The summed E-state index contributed by atoms with van der Waals surface area (Å²) in [5.41, 5.74) is 2.26. The van der Waals surface area contributed by atoms with E-state index in [1.54, 1.807) is 0 Å². The van der Waals surface area contributed by atoms with E-state index < -0.39 is 0 Å². The molecule has 0 unspecified atom stereocenters. The first-order valence-corrected chi connectivity index (χ1v) is 9.56. The van der Waals surface area contributed by atoms with Gasteiger partial charge in [-0.2, -0.15) is 0 Å². The molecule has 1 aliphatic carbocycles. The highest BCUT2D eigenvalue weighted by Crippen LogP contribution is 2.32. The second-order valence-corrected chi connectivity index (χ2v) is 8.52. The lowest BCUT2D eigenvalue weighted by molar-refractivity contribution is -0.141. The lowest BCUT2D eigenvalue weighted by atomic mass is 9.85. The number of benzene rings is 1. The van der Waals surface area contributed by atoms with E-state index in [4.69, 9.17) is 4.74 Å². The van der Waals surface area contributed by atoms with E-state index >= 15 is 0 Å². The minimum atomic E-state index is -0.0425. The number of carbonyl (C=O) groups excluding carboxylic acids is 2. The minimum Gasteiger partial charge on any atom is -0.483 e. The lowest BCUT2D eigenvalue weighted by Gasteiger charge is -2.35. The summed E-state index contributed by atoms with van der Waals surface area (Å²) >= 11 is 0. The van der Waals surface area contributed by atoms with Gasteiger partial charge in [0.1, 0.15) is 5.75 Å². The Balaban J connectivity index is 1.54. The Kier molecular flexibility index (Phi) is 5.26. The molecule has 3 rings (SSSR count). The Bertz CT molecular complexity index is 681. The molecular weight excluding hydrogens is 328 g/mol. The van der Waals surface area contributed by atoms with Crippen LogP contribution in [0.2, 0.25) is 0 Å². The Morgan fingerprint density at radius 2 is 1.69 bits per heavy atom. The average Bonchev–Trinajstić information content (AvgIpc) is 3.44. The molecule has 1 aromatic carbocycles. The third-order valence-electron chi connectivity index (χ3n) is 5.16. The van der Waals surface area contributed by atoms with Crippen LogP contribution in [-0.2, 0) is 15.0 Å². The van der Waals surface area contributed by atoms with Crippen molar-refractivity contribution in [2.75, 3.05) is 32.8 Å². The topological polar surface area (TPSA) is 49.9 Å². The van der Waals surface area contributed by atoms with Crippen LogP contribution >= 0.6 is 0 Å². The number of hydrogen-bond acceptors (Lipinski definition) is 3. The average molecular weight is 358 g/mol. The molecule has 0 bridgehead atoms. The van der Waals surface area contributed by atoms with Crippen molar-refractivity contribution in [2.24, 2.45) is 5.92 Å². The summed E-state index contributed by atoms with van der Waals surface area (Å²) in [4.78, 5) is 28.3. The molecule has 5 nitrogen and oxygen atoms in total. The van der Waals surface area contributed by atoms with Gasteiger partial charge in [0.25, 0.3) is 5.91 Å². The molecule has 0 spiro atoms. The van der Waals surface area contributed by atoms with E-state index in [0.29, 0.717) is 26.2 Å². The normalized spacial score (nSPS) is 18.0. The van der Waals surface area contributed by atoms with Gasteiger partial charge in [0, 0.05) is 32.1 Å². The number of hydrogen-bond donors (Lipinski definition) is 0. The van der Waals surface area contributed by atoms with Crippen LogP contribution in [0.1, 0.15) is 44.7 Å². The van der Waals surface area contributed by atoms with Crippen LogP contribution in [-0.4, -0.2) is 54.4 Å². The molecule has 2 aliphatic rings. The Morgan fingerprint density at radius 3 is 2.27 bits per heavy atom. The van der Waals surface area contributed by atoms with E-state index in [2.05, 4.69) is 33.8 Å². The second kappa shape index (κ2) is 7.29. The second-order valence-electron chi connectivity index (χ2n) is 8.52. The third-order valence-corrected chi connectivity index (χ3v) is 5.16. The number of amides is 2. The highest BCUT2D eigenvalue weighted by atomic mass is 16.5. The molecule has 1 aliphatic heterocycles. The maximum Gasteiger partial charge on any atom is 0.260 e. The monoisotopic (exact) mass is 358 g/mol. The van der Waals surface area contributed by atoms with Crippen LogP contribution in [0.3, 0.4) is 0 Å². The van der Waals surface area contributed by atoms with Gasteiger partial charge >= 0.3 is 0 Å². The Hall–Kier alpha value is -2.04. The highest BCUT2D eigenvalue weighted by molar-refractivity contribution is 5.82. The van der Waals surface area contributed by atoms with Gasteiger partial charge in [-0.25, -0.2) is 0 Å². The van der Waals surface area contributed by atoms with Gasteiger partial charge in [-0.1, -0.05) is 38.5 Å². The lowest BCUT2D eigenvalue weighted by Crippen LogP contribution is -2.52. The van der Waals surface area contributed by atoms with Crippen LogP contribution < -0.4 is 4.74 Å². The maximum atomic E-state index is 12.5. The predicted octanol–water partition coefficient (Wildman–Crippen LogP) is 2.75. The van der Waals surface area contributed by atoms with Gasteiger partial charge in [0.2, 0.25) is 5.91 Å². The number of rotatable bonds is 4. The van der Waals surface area contributed by atoms with E-state index in [-0.39, 0.29) is 29.8 Å². The van der Waals surface area contributed by atoms with Crippen molar-refractivity contribution in [1.82, 2.24) is 9.80 Å². The van der Waals surface area contributed by atoms with Gasteiger partial charge in [0.05, 0.1) is 0 Å². The molecule has 2 fully saturated rings. The van der Waals surface area contributed by atoms with Crippen molar-refractivity contribution in [3.8, 4) is 5.75 Å². The predicted molar refractivity (Wildman–Crippen MR) is 101 cm³/mol. The standard InChI is InChI=1S/C21H30N2O3/c1-15-5-8-18(17(13-15)21(2,3)4)26-14-19(24)22-9-11-23(12-10-22)20(25)16-6-7-16/h5,8,13,16H,6-7,9-12,14H2,1-4H3. The molecule has 1 aromatic rings. The van der Waals surface area contributed by atoms with Crippen molar-refractivity contribution in [1.29, 1.82) is 0 Å². The molecule has 0 radical (unpaired) electrons. The van der Waals surface area contributed by atoms with E-state index in [9.17, 15) is 9.59 Å². The Labute approximate surface area is 156 Å². The van der Waals surface area contributed by atoms with Crippen molar-refractivity contribution >= 4 is 11.8 Å². The van der Waals surface area contributed by atoms with Crippen LogP contribution in [0, 0.1) is 12.8 Å². The molecular formula is C21H30N2O3. The van der Waals surface area contributed by atoms with Gasteiger partial charge in [0.15, 0.2) is 6.61 Å². The molecule has 2 amide bonds. The zero-order valence-corrected chi connectivity index (χ0v) is 16.4. The van der Waals surface area contributed by atoms with Gasteiger partial charge < -0.3 is 14.5 Å². The summed E-state index contributed by atoms with van der Waals surface area (Å²) < 4.78 is 5.88. The number of ether oxygens (including phenoxy) is 1. The Morgan fingerprint density at radius 1 is 1.08 bits per heavy atom. The summed E-state index contributed by atoms with van der Waals surface area (Å²) in [6.45, 7) is 11.0. The van der Waals surface area contributed by atoms with Gasteiger partial charge in [-0.3, -0.25) is 9.59 Å². The van der Waals surface area contributed by atoms with Crippen LogP contribution in [0.15, 0.2) is 18.2 Å². The van der Waals surface area contributed by atoms with E-state index in [1.807, 2.05) is 21.9 Å².